The molecule has 0 spiro atoms. The van der Waals surface area contributed by atoms with E-state index < -0.39 is 0 Å². The zero-order valence-electron chi connectivity index (χ0n) is 11.2. The highest BCUT2D eigenvalue weighted by molar-refractivity contribution is 4.80. The molecule has 0 saturated carbocycles. The Balaban J connectivity index is 4.00. The monoisotopic (exact) mass is 199 g/mol. The minimum Gasteiger partial charge on any atom is -0.301 e. The van der Waals surface area contributed by atoms with Crippen LogP contribution < -0.4 is 0 Å². The Morgan fingerprint density at radius 1 is 1.00 bits per heavy atom. The summed E-state index contributed by atoms with van der Waals surface area (Å²) in [6.45, 7) is 15.1. The summed E-state index contributed by atoms with van der Waals surface area (Å²) in [6, 6.07) is 0. The van der Waals surface area contributed by atoms with Crippen molar-refractivity contribution in [2.45, 2.75) is 59.9 Å². The molecule has 86 valence electrons. The van der Waals surface area contributed by atoms with Crippen LogP contribution in [-0.2, 0) is 0 Å². The third-order valence-corrected chi connectivity index (χ3v) is 2.98. The molecule has 0 radical (unpaired) electrons. The smallest absolute Gasteiger partial charge is 0.0152 e. The maximum absolute atomic E-state index is 2.51. The first-order valence-corrected chi connectivity index (χ1v) is 5.97. The van der Waals surface area contributed by atoms with Crippen LogP contribution >= 0.6 is 0 Å². The average molecular weight is 199 g/mol. The molecular formula is C13H29N. The molecule has 0 amide bonds. The van der Waals surface area contributed by atoms with E-state index in [1.165, 1.54) is 19.4 Å². The number of hydrogen-bond acceptors (Lipinski definition) is 1. The van der Waals surface area contributed by atoms with Gasteiger partial charge in [-0.2, -0.15) is 0 Å². The largest absolute Gasteiger partial charge is 0.301 e. The number of hydrogen-bond donors (Lipinski definition) is 0. The quantitative estimate of drug-likeness (QED) is 0.629. The molecule has 1 heteroatoms. The van der Waals surface area contributed by atoms with Crippen LogP contribution in [0, 0.1) is 11.8 Å². The molecule has 0 saturated heterocycles. The number of nitrogens with zero attached hydrogens (tertiary/aromatic N) is 1. The fourth-order valence-electron chi connectivity index (χ4n) is 1.91. The van der Waals surface area contributed by atoms with Crippen LogP contribution in [0.3, 0.4) is 0 Å². The summed E-state index contributed by atoms with van der Waals surface area (Å²) in [5.41, 5.74) is 0.350. The molecule has 0 heterocycles. The molecule has 0 bridgehead atoms. The summed E-state index contributed by atoms with van der Waals surface area (Å²) >= 11 is 0. The highest BCUT2D eigenvalue weighted by Gasteiger charge is 2.24. The third-order valence-electron chi connectivity index (χ3n) is 2.98. The van der Waals surface area contributed by atoms with Crippen molar-refractivity contribution in [3.8, 4) is 0 Å². The van der Waals surface area contributed by atoms with Gasteiger partial charge in [0.15, 0.2) is 0 Å². The van der Waals surface area contributed by atoms with Crippen LogP contribution in [0.5, 0.6) is 0 Å². The molecular weight excluding hydrogens is 170 g/mol. The molecule has 0 atom stereocenters. The summed E-state index contributed by atoms with van der Waals surface area (Å²) < 4.78 is 0. The lowest BCUT2D eigenvalue weighted by atomic mass is 9.91. The lowest BCUT2D eigenvalue weighted by Crippen LogP contribution is -2.42. The van der Waals surface area contributed by atoms with Gasteiger partial charge in [0.05, 0.1) is 0 Å². The Labute approximate surface area is 90.9 Å². The van der Waals surface area contributed by atoms with E-state index in [1.54, 1.807) is 0 Å². The van der Waals surface area contributed by atoms with Crippen molar-refractivity contribution in [1.82, 2.24) is 4.90 Å². The summed E-state index contributed by atoms with van der Waals surface area (Å²) in [6.07, 6.45) is 2.58. The van der Waals surface area contributed by atoms with E-state index in [1.807, 2.05) is 0 Å². The molecule has 0 aromatic carbocycles. The SMILES string of the molecule is CC(C)CCN(C)C(C)(C)CC(C)C. The molecule has 0 unspecified atom stereocenters. The first-order chi connectivity index (χ1) is 6.25. The van der Waals surface area contributed by atoms with Gasteiger partial charge in [-0.1, -0.05) is 27.7 Å². The van der Waals surface area contributed by atoms with Crippen molar-refractivity contribution >= 4 is 0 Å². The van der Waals surface area contributed by atoms with Gasteiger partial charge in [-0.3, -0.25) is 0 Å². The Kier molecular flexibility index (Phi) is 5.73. The standard InChI is InChI=1S/C13H29N/c1-11(2)8-9-14(7)13(5,6)10-12(3)4/h11-12H,8-10H2,1-7H3. The average Bonchev–Trinajstić information content (AvgIpc) is 1.97. The van der Waals surface area contributed by atoms with Gasteiger partial charge in [-0.05, 0) is 52.1 Å². The van der Waals surface area contributed by atoms with Gasteiger partial charge < -0.3 is 4.90 Å². The van der Waals surface area contributed by atoms with Gasteiger partial charge in [0.2, 0.25) is 0 Å². The molecule has 0 aliphatic carbocycles. The van der Waals surface area contributed by atoms with Crippen molar-refractivity contribution in [2.75, 3.05) is 13.6 Å². The van der Waals surface area contributed by atoms with E-state index >= 15 is 0 Å². The normalized spacial score (nSPS) is 13.3. The Bertz CT molecular complexity index is 147. The molecule has 1 nitrogen and oxygen atoms in total. The highest BCUT2D eigenvalue weighted by atomic mass is 15.2. The van der Waals surface area contributed by atoms with Crippen LogP contribution in [0.15, 0.2) is 0 Å². The van der Waals surface area contributed by atoms with Gasteiger partial charge in [0, 0.05) is 5.54 Å². The summed E-state index contributed by atoms with van der Waals surface area (Å²) in [7, 11) is 2.25. The fraction of sp³-hybridized carbons (Fsp3) is 1.00. The van der Waals surface area contributed by atoms with Crippen LogP contribution in [-0.4, -0.2) is 24.0 Å². The van der Waals surface area contributed by atoms with Crippen LogP contribution in [0.4, 0.5) is 0 Å². The van der Waals surface area contributed by atoms with Gasteiger partial charge in [0.25, 0.3) is 0 Å². The minimum absolute atomic E-state index is 0.350. The van der Waals surface area contributed by atoms with E-state index in [0.717, 1.165) is 11.8 Å². The summed E-state index contributed by atoms with van der Waals surface area (Å²) in [4.78, 5) is 2.51. The highest BCUT2D eigenvalue weighted by Crippen LogP contribution is 2.22. The fourth-order valence-corrected chi connectivity index (χ4v) is 1.91. The molecule has 0 fully saturated rings. The maximum Gasteiger partial charge on any atom is 0.0152 e. The molecule has 0 aliphatic heterocycles. The molecule has 0 aromatic rings. The van der Waals surface area contributed by atoms with E-state index in [4.69, 9.17) is 0 Å². The molecule has 0 N–H and O–H groups in total. The Morgan fingerprint density at radius 3 is 1.86 bits per heavy atom. The lowest BCUT2D eigenvalue weighted by molar-refractivity contribution is 0.124. The molecule has 14 heavy (non-hydrogen) atoms. The summed E-state index contributed by atoms with van der Waals surface area (Å²) in [5.74, 6) is 1.60. The zero-order valence-corrected chi connectivity index (χ0v) is 11.2. The van der Waals surface area contributed by atoms with Crippen molar-refractivity contribution in [3.05, 3.63) is 0 Å². The van der Waals surface area contributed by atoms with E-state index in [2.05, 4.69) is 53.5 Å². The molecule has 0 aromatic heterocycles. The zero-order chi connectivity index (χ0) is 11.4. The second kappa shape index (κ2) is 5.75. The second-order valence-electron chi connectivity index (χ2n) is 6.01. The lowest BCUT2D eigenvalue weighted by Gasteiger charge is -2.37. The van der Waals surface area contributed by atoms with Crippen molar-refractivity contribution in [3.63, 3.8) is 0 Å². The van der Waals surface area contributed by atoms with Gasteiger partial charge >= 0.3 is 0 Å². The van der Waals surface area contributed by atoms with E-state index in [-0.39, 0.29) is 0 Å². The van der Waals surface area contributed by atoms with E-state index in [0.29, 0.717) is 5.54 Å². The van der Waals surface area contributed by atoms with E-state index in [9.17, 15) is 0 Å². The number of rotatable bonds is 6. The van der Waals surface area contributed by atoms with Crippen molar-refractivity contribution in [2.24, 2.45) is 11.8 Å². The first kappa shape index (κ1) is 14.0. The van der Waals surface area contributed by atoms with Gasteiger partial charge in [-0.15, -0.1) is 0 Å². The van der Waals surface area contributed by atoms with Crippen LogP contribution in [0.1, 0.15) is 54.4 Å². The van der Waals surface area contributed by atoms with Crippen LogP contribution in [0.2, 0.25) is 0 Å². The van der Waals surface area contributed by atoms with Crippen LogP contribution in [0.25, 0.3) is 0 Å². The van der Waals surface area contributed by atoms with Crippen molar-refractivity contribution in [1.29, 1.82) is 0 Å². The third kappa shape index (κ3) is 5.64. The second-order valence-corrected chi connectivity index (χ2v) is 6.01. The molecule has 0 aliphatic rings. The summed E-state index contributed by atoms with van der Waals surface area (Å²) in [5, 5.41) is 0. The minimum atomic E-state index is 0.350. The predicted molar refractivity (Wildman–Crippen MR) is 65.6 cm³/mol. The molecule has 0 rings (SSSR count). The predicted octanol–water partition coefficient (Wildman–Crippen LogP) is 3.79. The maximum atomic E-state index is 2.51. The topological polar surface area (TPSA) is 3.24 Å². The first-order valence-electron chi connectivity index (χ1n) is 5.97. The Morgan fingerprint density at radius 2 is 1.50 bits per heavy atom. The van der Waals surface area contributed by atoms with Crippen molar-refractivity contribution < 1.29 is 0 Å². The Hall–Kier alpha value is -0.0400. The van der Waals surface area contributed by atoms with Gasteiger partial charge in [0.1, 0.15) is 0 Å². The van der Waals surface area contributed by atoms with Gasteiger partial charge in [-0.25, -0.2) is 0 Å².